The van der Waals surface area contributed by atoms with E-state index in [1.807, 2.05) is 0 Å². The Balaban J connectivity index is 2.39. The van der Waals surface area contributed by atoms with Gasteiger partial charge in [0.2, 0.25) is 0 Å². The fourth-order valence-electron chi connectivity index (χ4n) is 6.75. The summed E-state index contributed by atoms with van der Waals surface area (Å²) < 4.78 is 0. The fraction of sp³-hybridized carbons (Fsp3) is 1.00. The van der Waals surface area contributed by atoms with Gasteiger partial charge in [-0.25, -0.2) is 0 Å². The highest BCUT2D eigenvalue weighted by Crippen LogP contribution is 2.69. The van der Waals surface area contributed by atoms with Gasteiger partial charge in [0.05, 0.1) is 0 Å². The molecule has 0 aromatic rings. The Morgan fingerprint density at radius 2 is 1.42 bits per heavy atom. The minimum atomic E-state index is 0.365. The summed E-state index contributed by atoms with van der Waals surface area (Å²) in [7, 11) is 0. The molecule has 2 nitrogen and oxygen atoms in total. The molecule has 0 saturated heterocycles. The summed E-state index contributed by atoms with van der Waals surface area (Å²) in [6.45, 7) is 12.0. The molecule has 2 rings (SSSR count). The van der Waals surface area contributed by atoms with Gasteiger partial charge in [0.15, 0.2) is 0 Å². The second-order valence-corrected chi connectivity index (χ2v) is 9.76. The molecule has 0 amide bonds. The quantitative estimate of drug-likeness (QED) is 0.645. The third kappa shape index (κ3) is 3.30. The van der Waals surface area contributed by atoms with Gasteiger partial charge in [-0.3, -0.25) is 0 Å². The Morgan fingerprint density at radius 1 is 0.833 bits per heavy atom. The summed E-state index contributed by atoms with van der Waals surface area (Å²) in [6.07, 6.45) is 15.1. The van der Waals surface area contributed by atoms with Crippen molar-refractivity contribution in [3.05, 3.63) is 0 Å². The number of nitrogens with two attached hydrogens (primary N) is 2. The predicted octanol–water partition coefficient (Wildman–Crippen LogP) is 5.49. The average Bonchev–Trinajstić information content (AvgIpc) is 2.59. The molecule has 0 spiro atoms. The maximum Gasteiger partial charge on any atom is -0.00771 e. The summed E-state index contributed by atoms with van der Waals surface area (Å²) in [6, 6.07) is 0. The smallest absolute Gasteiger partial charge is 0.00771 e. The molecule has 0 aromatic heterocycles. The first-order valence-electron chi connectivity index (χ1n) is 10.8. The summed E-state index contributed by atoms with van der Waals surface area (Å²) in [5.41, 5.74) is 13.1. The molecule has 0 heterocycles. The minimum absolute atomic E-state index is 0.365. The van der Waals surface area contributed by atoms with E-state index in [1.165, 1.54) is 70.6 Å². The molecule has 3 unspecified atom stereocenters. The van der Waals surface area contributed by atoms with Crippen LogP contribution in [0.1, 0.15) is 98.3 Å². The summed E-state index contributed by atoms with van der Waals surface area (Å²) in [4.78, 5) is 0. The van der Waals surface area contributed by atoms with Crippen molar-refractivity contribution < 1.29 is 0 Å². The van der Waals surface area contributed by atoms with Crippen molar-refractivity contribution in [2.75, 3.05) is 13.1 Å². The van der Waals surface area contributed by atoms with Crippen molar-refractivity contribution in [2.24, 2.45) is 39.5 Å². The Bertz CT molecular complexity index is 381. The molecule has 0 aromatic carbocycles. The third-order valence-corrected chi connectivity index (χ3v) is 8.90. The molecule has 2 heteroatoms. The van der Waals surface area contributed by atoms with Gasteiger partial charge in [-0.1, -0.05) is 47.0 Å². The molecular formula is C22H44N2. The lowest BCUT2D eigenvalue weighted by Crippen LogP contribution is -2.58. The highest BCUT2D eigenvalue weighted by molar-refractivity contribution is 5.10. The van der Waals surface area contributed by atoms with Crippen LogP contribution in [0.3, 0.4) is 0 Å². The first kappa shape index (κ1) is 20.2. The van der Waals surface area contributed by atoms with Crippen molar-refractivity contribution in [1.29, 1.82) is 0 Å². The lowest BCUT2D eigenvalue weighted by molar-refractivity contribution is -0.170. The molecule has 3 atom stereocenters. The zero-order valence-electron chi connectivity index (χ0n) is 17.0. The Kier molecular flexibility index (Phi) is 6.81. The molecule has 0 aliphatic heterocycles. The predicted molar refractivity (Wildman–Crippen MR) is 106 cm³/mol. The van der Waals surface area contributed by atoms with E-state index in [0.717, 1.165) is 24.9 Å². The summed E-state index contributed by atoms with van der Waals surface area (Å²) in [5, 5.41) is 0. The topological polar surface area (TPSA) is 52.0 Å². The average molecular weight is 337 g/mol. The zero-order chi connectivity index (χ0) is 17.8. The highest BCUT2D eigenvalue weighted by atomic mass is 14.7. The van der Waals surface area contributed by atoms with Crippen molar-refractivity contribution in [1.82, 2.24) is 0 Å². The summed E-state index contributed by atoms with van der Waals surface area (Å²) in [5.74, 6) is 1.71. The van der Waals surface area contributed by atoms with Crippen LogP contribution in [-0.4, -0.2) is 13.1 Å². The zero-order valence-corrected chi connectivity index (χ0v) is 17.0. The maximum absolute atomic E-state index is 5.98. The van der Waals surface area contributed by atoms with E-state index >= 15 is 0 Å². The van der Waals surface area contributed by atoms with Crippen LogP contribution in [-0.2, 0) is 0 Å². The number of hydrogen-bond donors (Lipinski definition) is 2. The molecule has 0 radical (unpaired) electrons. The fourth-order valence-corrected chi connectivity index (χ4v) is 6.75. The van der Waals surface area contributed by atoms with E-state index in [1.54, 1.807) is 0 Å². The monoisotopic (exact) mass is 336 g/mol. The molecule has 2 aliphatic carbocycles. The van der Waals surface area contributed by atoms with E-state index in [2.05, 4.69) is 27.7 Å². The van der Waals surface area contributed by atoms with Gasteiger partial charge >= 0.3 is 0 Å². The van der Waals surface area contributed by atoms with Crippen LogP contribution in [0.15, 0.2) is 0 Å². The Hall–Kier alpha value is -0.0800. The molecule has 4 N–H and O–H groups in total. The van der Waals surface area contributed by atoms with Crippen LogP contribution in [0.5, 0.6) is 0 Å². The first-order valence-corrected chi connectivity index (χ1v) is 10.8. The van der Waals surface area contributed by atoms with Crippen molar-refractivity contribution in [3.63, 3.8) is 0 Å². The van der Waals surface area contributed by atoms with Crippen LogP contribution in [0, 0.1) is 28.1 Å². The molecule has 142 valence electrons. The largest absolute Gasteiger partial charge is 0.330 e. The van der Waals surface area contributed by atoms with Crippen LogP contribution in [0.4, 0.5) is 0 Å². The molecule has 0 bridgehead atoms. The van der Waals surface area contributed by atoms with E-state index in [9.17, 15) is 0 Å². The molecular weight excluding hydrogens is 292 g/mol. The van der Waals surface area contributed by atoms with Crippen LogP contribution < -0.4 is 11.5 Å². The maximum atomic E-state index is 5.98. The van der Waals surface area contributed by atoms with Gasteiger partial charge in [-0.05, 0) is 92.5 Å². The van der Waals surface area contributed by atoms with E-state index < -0.39 is 0 Å². The van der Waals surface area contributed by atoms with Gasteiger partial charge in [-0.2, -0.15) is 0 Å². The van der Waals surface area contributed by atoms with Gasteiger partial charge in [0.1, 0.15) is 0 Å². The second kappa shape index (κ2) is 8.08. The van der Waals surface area contributed by atoms with E-state index in [-0.39, 0.29) is 0 Å². The van der Waals surface area contributed by atoms with Crippen molar-refractivity contribution >= 4 is 0 Å². The SMILES string of the molecule is CC1CCC(CCCN)(C2CCCCC2)C(C)(C)C1(C)CCCN. The second-order valence-electron chi connectivity index (χ2n) is 9.76. The summed E-state index contributed by atoms with van der Waals surface area (Å²) >= 11 is 0. The van der Waals surface area contributed by atoms with Gasteiger partial charge in [-0.15, -0.1) is 0 Å². The van der Waals surface area contributed by atoms with Gasteiger partial charge in [0.25, 0.3) is 0 Å². The van der Waals surface area contributed by atoms with Crippen LogP contribution in [0.25, 0.3) is 0 Å². The van der Waals surface area contributed by atoms with E-state index in [4.69, 9.17) is 11.5 Å². The van der Waals surface area contributed by atoms with Crippen molar-refractivity contribution in [3.8, 4) is 0 Å². The Morgan fingerprint density at radius 3 is 2.00 bits per heavy atom. The standard InChI is InChI=1S/C22H44N2/c1-18-12-15-22(14-9-17-24,19-10-6-5-7-11-19)20(2,3)21(18,4)13-8-16-23/h18-19H,5-17,23-24H2,1-4H3. The van der Waals surface area contributed by atoms with Crippen LogP contribution in [0.2, 0.25) is 0 Å². The lowest BCUT2D eigenvalue weighted by atomic mass is 9.39. The molecule has 2 saturated carbocycles. The normalized spacial score (nSPS) is 37.5. The number of hydrogen-bond acceptors (Lipinski definition) is 2. The van der Waals surface area contributed by atoms with Gasteiger partial charge < -0.3 is 11.5 Å². The molecule has 2 fully saturated rings. The lowest BCUT2D eigenvalue weighted by Gasteiger charge is -2.66. The molecule has 24 heavy (non-hydrogen) atoms. The minimum Gasteiger partial charge on any atom is -0.330 e. The first-order chi connectivity index (χ1) is 11.4. The van der Waals surface area contributed by atoms with Crippen molar-refractivity contribution in [2.45, 2.75) is 98.3 Å². The Labute approximate surface area is 151 Å². The third-order valence-electron chi connectivity index (χ3n) is 8.90. The van der Waals surface area contributed by atoms with E-state index in [0.29, 0.717) is 16.2 Å². The van der Waals surface area contributed by atoms with Gasteiger partial charge in [0, 0.05) is 0 Å². The highest BCUT2D eigenvalue weighted by Gasteiger charge is 2.61. The molecule has 2 aliphatic rings. The number of rotatable bonds is 7. The van der Waals surface area contributed by atoms with Crippen LogP contribution >= 0.6 is 0 Å².